The fraction of sp³-hybridized carbons (Fsp3) is 0.259. The first kappa shape index (κ1) is 25.0. The molecule has 0 saturated carbocycles. The van der Waals surface area contributed by atoms with Gasteiger partial charge in [0.1, 0.15) is 10.6 Å². The number of rotatable bonds is 6. The number of anilines is 1. The SMILES string of the molecule is COc1ccc(NC(=O)CSc2nc3sc4c(c3c(=O)n2-c2ccc(C)cc2)CCN(C(C)=O)C4)cc1. The Balaban J connectivity index is 1.49. The van der Waals surface area contributed by atoms with Crippen molar-refractivity contribution >= 4 is 50.8 Å². The molecule has 1 aliphatic rings. The normalized spacial score (nSPS) is 12.9. The summed E-state index contributed by atoms with van der Waals surface area (Å²) in [5, 5.41) is 3.93. The number of hydrogen-bond donors (Lipinski definition) is 1. The Morgan fingerprint density at radius 3 is 2.54 bits per heavy atom. The first-order valence-corrected chi connectivity index (χ1v) is 13.6. The summed E-state index contributed by atoms with van der Waals surface area (Å²) in [5.41, 5.74) is 3.26. The Morgan fingerprint density at radius 2 is 1.86 bits per heavy atom. The lowest BCUT2D eigenvalue weighted by Crippen LogP contribution is -2.34. The lowest BCUT2D eigenvalue weighted by molar-refractivity contribution is -0.129. The number of carbonyl (C=O) groups excluding carboxylic acids is 2. The number of ether oxygens (including phenoxy) is 1. The lowest BCUT2D eigenvalue weighted by atomic mass is 10.1. The third-order valence-corrected chi connectivity index (χ3v) is 8.34. The molecule has 0 spiro atoms. The minimum absolute atomic E-state index is 0.0206. The maximum atomic E-state index is 13.9. The van der Waals surface area contributed by atoms with E-state index in [2.05, 4.69) is 5.32 Å². The van der Waals surface area contributed by atoms with E-state index in [4.69, 9.17) is 9.72 Å². The molecule has 8 nitrogen and oxygen atoms in total. The predicted molar refractivity (Wildman–Crippen MR) is 147 cm³/mol. The van der Waals surface area contributed by atoms with Crippen LogP contribution in [0.4, 0.5) is 5.69 Å². The molecule has 0 bridgehead atoms. The van der Waals surface area contributed by atoms with Crippen molar-refractivity contribution in [1.29, 1.82) is 0 Å². The van der Waals surface area contributed by atoms with Gasteiger partial charge in [-0.2, -0.15) is 0 Å². The van der Waals surface area contributed by atoms with E-state index >= 15 is 0 Å². The van der Waals surface area contributed by atoms with Crippen LogP contribution >= 0.6 is 23.1 Å². The molecule has 5 rings (SSSR count). The zero-order chi connectivity index (χ0) is 26.1. The summed E-state index contributed by atoms with van der Waals surface area (Å²) in [4.78, 5) is 46.8. The van der Waals surface area contributed by atoms with Crippen molar-refractivity contribution in [2.45, 2.75) is 32.0 Å². The standard InChI is InChI=1S/C27H26N4O4S2/c1-16-4-8-19(9-5-16)31-26(34)24-21-12-13-30(17(2)32)14-22(21)37-25(24)29-27(31)36-15-23(33)28-18-6-10-20(35-3)11-7-18/h4-11H,12-15H2,1-3H3,(H,28,33). The van der Waals surface area contributed by atoms with E-state index in [0.29, 0.717) is 52.0 Å². The van der Waals surface area contributed by atoms with Crippen LogP contribution in [0.2, 0.25) is 0 Å². The molecule has 1 aliphatic heterocycles. The number of aromatic nitrogens is 2. The molecule has 4 aromatic rings. The number of nitrogens with one attached hydrogen (secondary N) is 1. The molecule has 0 radical (unpaired) electrons. The fourth-order valence-electron chi connectivity index (χ4n) is 4.31. The third kappa shape index (κ3) is 5.12. The molecule has 0 fully saturated rings. The summed E-state index contributed by atoms with van der Waals surface area (Å²) in [7, 11) is 1.59. The van der Waals surface area contributed by atoms with Gasteiger partial charge in [0, 0.05) is 24.0 Å². The summed E-state index contributed by atoms with van der Waals surface area (Å²) in [6.45, 7) is 4.62. The summed E-state index contributed by atoms with van der Waals surface area (Å²) in [5.74, 6) is 0.603. The van der Waals surface area contributed by atoms with Gasteiger partial charge in [-0.3, -0.25) is 19.0 Å². The zero-order valence-corrected chi connectivity index (χ0v) is 22.4. The highest BCUT2D eigenvalue weighted by Gasteiger charge is 2.26. The number of aryl methyl sites for hydroxylation is 1. The molecule has 0 atom stereocenters. The van der Waals surface area contributed by atoms with Gasteiger partial charge in [0.05, 0.1) is 30.5 Å². The Kier molecular flexibility index (Phi) is 7.03. The first-order valence-electron chi connectivity index (χ1n) is 11.8. The smallest absolute Gasteiger partial charge is 0.267 e. The molecule has 2 aromatic carbocycles. The molecule has 0 aliphatic carbocycles. The fourth-order valence-corrected chi connectivity index (χ4v) is 6.40. The molecule has 3 heterocycles. The maximum absolute atomic E-state index is 13.9. The number of nitrogens with zero attached hydrogens (tertiary/aromatic N) is 3. The van der Waals surface area contributed by atoms with Crippen LogP contribution in [-0.2, 0) is 22.6 Å². The van der Waals surface area contributed by atoms with E-state index in [-0.39, 0.29) is 23.1 Å². The van der Waals surface area contributed by atoms with Crippen molar-refractivity contribution in [3.05, 3.63) is 74.9 Å². The van der Waals surface area contributed by atoms with Crippen LogP contribution < -0.4 is 15.6 Å². The Hall–Kier alpha value is -3.63. The minimum Gasteiger partial charge on any atom is -0.497 e. The van der Waals surface area contributed by atoms with Crippen molar-refractivity contribution in [3.8, 4) is 11.4 Å². The highest BCUT2D eigenvalue weighted by molar-refractivity contribution is 7.99. The van der Waals surface area contributed by atoms with Gasteiger partial charge >= 0.3 is 0 Å². The molecule has 190 valence electrons. The van der Waals surface area contributed by atoms with Crippen molar-refractivity contribution < 1.29 is 14.3 Å². The second kappa shape index (κ2) is 10.4. The van der Waals surface area contributed by atoms with Gasteiger partial charge in [-0.05, 0) is 55.3 Å². The quantitative estimate of drug-likeness (QED) is 0.291. The Bertz CT molecular complexity index is 1540. The highest BCUT2D eigenvalue weighted by atomic mass is 32.2. The average molecular weight is 535 g/mol. The van der Waals surface area contributed by atoms with Crippen LogP contribution in [0.15, 0.2) is 58.5 Å². The number of fused-ring (bicyclic) bond motifs is 3. The van der Waals surface area contributed by atoms with Crippen LogP contribution in [0.25, 0.3) is 15.9 Å². The number of amides is 2. The molecule has 10 heteroatoms. The largest absolute Gasteiger partial charge is 0.497 e. The Labute approximate surface area is 222 Å². The van der Waals surface area contributed by atoms with Crippen molar-refractivity contribution in [3.63, 3.8) is 0 Å². The summed E-state index contributed by atoms with van der Waals surface area (Å²) in [6, 6.07) is 14.8. The molecular weight excluding hydrogens is 508 g/mol. The van der Waals surface area contributed by atoms with Crippen LogP contribution in [0.5, 0.6) is 5.75 Å². The van der Waals surface area contributed by atoms with E-state index in [0.717, 1.165) is 16.0 Å². The Morgan fingerprint density at radius 1 is 1.14 bits per heavy atom. The second-order valence-corrected chi connectivity index (χ2v) is 10.8. The number of hydrogen-bond acceptors (Lipinski definition) is 7. The minimum atomic E-state index is -0.206. The summed E-state index contributed by atoms with van der Waals surface area (Å²) < 4.78 is 6.75. The summed E-state index contributed by atoms with van der Waals surface area (Å²) in [6.07, 6.45) is 0.622. The number of benzene rings is 2. The van der Waals surface area contributed by atoms with Crippen LogP contribution in [-0.4, -0.2) is 45.7 Å². The molecule has 0 unspecified atom stereocenters. The highest BCUT2D eigenvalue weighted by Crippen LogP contribution is 2.34. The summed E-state index contributed by atoms with van der Waals surface area (Å²) >= 11 is 2.67. The average Bonchev–Trinajstić information content (AvgIpc) is 3.26. The number of thioether (sulfide) groups is 1. The number of carbonyl (C=O) groups is 2. The van der Waals surface area contributed by atoms with E-state index < -0.39 is 0 Å². The number of thiophene rings is 1. The van der Waals surface area contributed by atoms with Gasteiger partial charge in [-0.1, -0.05) is 29.5 Å². The first-order chi connectivity index (χ1) is 17.8. The molecule has 2 amide bonds. The van der Waals surface area contributed by atoms with Crippen LogP contribution in [0.3, 0.4) is 0 Å². The van der Waals surface area contributed by atoms with Gasteiger partial charge in [0.25, 0.3) is 5.56 Å². The second-order valence-electron chi connectivity index (χ2n) is 8.81. The third-order valence-electron chi connectivity index (χ3n) is 6.29. The van der Waals surface area contributed by atoms with E-state index in [1.54, 1.807) is 47.8 Å². The van der Waals surface area contributed by atoms with Crippen molar-refractivity contribution in [2.75, 3.05) is 24.7 Å². The van der Waals surface area contributed by atoms with Crippen LogP contribution in [0.1, 0.15) is 22.9 Å². The van der Waals surface area contributed by atoms with E-state index in [1.807, 2.05) is 31.2 Å². The molecular formula is C27H26N4O4S2. The van der Waals surface area contributed by atoms with Crippen molar-refractivity contribution in [2.24, 2.45) is 0 Å². The van der Waals surface area contributed by atoms with Gasteiger partial charge in [0.2, 0.25) is 11.8 Å². The van der Waals surface area contributed by atoms with E-state index in [1.165, 1.54) is 23.1 Å². The van der Waals surface area contributed by atoms with Gasteiger partial charge < -0.3 is 15.0 Å². The monoisotopic (exact) mass is 534 g/mol. The van der Waals surface area contributed by atoms with Gasteiger partial charge in [-0.15, -0.1) is 11.3 Å². The number of methoxy groups -OCH3 is 1. The zero-order valence-electron chi connectivity index (χ0n) is 20.7. The lowest BCUT2D eigenvalue weighted by Gasteiger charge is -2.25. The molecule has 2 aromatic heterocycles. The molecule has 1 N–H and O–H groups in total. The molecule has 37 heavy (non-hydrogen) atoms. The topological polar surface area (TPSA) is 93.5 Å². The maximum Gasteiger partial charge on any atom is 0.267 e. The van der Waals surface area contributed by atoms with Gasteiger partial charge in [-0.25, -0.2) is 4.98 Å². The molecule has 0 saturated heterocycles. The van der Waals surface area contributed by atoms with E-state index in [9.17, 15) is 14.4 Å². The predicted octanol–water partition coefficient (Wildman–Crippen LogP) is 4.40. The van der Waals surface area contributed by atoms with Crippen LogP contribution in [0, 0.1) is 6.92 Å². The van der Waals surface area contributed by atoms with Crippen molar-refractivity contribution in [1.82, 2.24) is 14.5 Å². The van der Waals surface area contributed by atoms with Gasteiger partial charge in [0.15, 0.2) is 5.16 Å².